The fourth-order valence-corrected chi connectivity index (χ4v) is 11.2. The number of hydrogen-bond donors (Lipinski definition) is 2. The third-order valence-electron chi connectivity index (χ3n) is 14.1. The summed E-state index contributed by atoms with van der Waals surface area (Å²) in [5.74, 6) is 0.769. The molecule has 10 aromatic carbocycles. The van der Waals surface area contributed by atoms with Crippen molar-refractivity contribution >= 4 is 71.4 Å². The molecule has 0 spiro atoms. The number of hydrogen-bond acceptors (Lipinski definition) is 3. The third kappa shape index (κ3) is 6.13. The molecule has 69 heavy (non-hydrogen) atoms. The van der Waals surface area contributed by atoms with Crippen LogP contribution in [0.25, 0.3) is 99.0 Å². The van der Waals surface area contributed by atoms with Crippen LogP contribution in [0.15, 0.2) is 248 Å². The van der Waals surface area contributed by atoms with E-state index < -0.39 is 0 Å². The van der Waals surface area contributed by atoms with Crippen LogP contribution in [0.3, 0.4) is 0 Å². The van der Waals surface area contributed by atoms with Gasteiger partial charge in [0.2, 0.25) is 5.96 Å². The fourth-order valence-electron chi connectivity index (χ4n) is 11.2. The maximum atomic E-state index is 5.76. The molecule has 0 fully saturated rings. The van der Waals surface area contributed by atoms with Crippen LogP contribution in [0, 0.1) is 0 Å². The normalized spacial score (nSPS) is 15.1. The van der Waals surface area contributed by atoms with E-state index >= 15 is 0 Å². The Morgan fingerprint density at radius 2 is 0.812 bits per heavy atom. The predicted molar refractivity (Wildman–Crippen MR) is 286 cm³/mol. The summed E-state index contributed by atoms with van der Waals surface area (Å²) in [6, 6.07) is 87.6. The van der Waals surface area contributed by atoms with Gasteiger partial charge < -0.3 is 14.5 Å². The molecule has 2 unspecified atom stereocenters. The first-order valence-electron chi connectivity index (χ1n) is 23.7. The van der Waals surface area contributed by atoms with E-state index in [4.69, 9.17) is 4.99 Å². The molecule has 0 radical (unpaired) electrons. The summed E-state index contributed by atoms with van der Waals surface area (Å²) in [6.07, 6.45) is -0.641. The largest absolute Gasteiger partial charge is 0.336 e. The summed E-state index contributed by atoms with van der Waals surface area (Å²) in [4.78, 5) is 5.76. The van der Waals surface area contributed by atoms with Gasteiger partial charge in [0.25, 0.3) is 0 Å². The standard InChI is InChI=1S/C63H44N6/c1-5-21-41(22-6-1)45-29-13-14-33-53(45)62-64-61(43-25-9-3-10-26-43)65-63(66-62)69-56-36-20-17-32-49(56)52-40-39-51-48-31-16-19-35-55(48)68(59(51)60(52)69)57-46(42-23-7-2-8-24-42)37-38-50-47-30-15-18-34-54(47)67(58(50)57)44-27-11-4-12-28-44/h1-40,61-62,64H,(H,65,66). The van der Waals surface area contributed by atoms with E-state index in [1.54, 1.807) is 0 Å². The number of benzene rings is 10. The van der Waals surface area contributed by atoms with Crippen LogP contribution in [0.4, 0.5) is 0 Å². The van der Waals surface area contributed by atoms with Crippen LogP contribution < -0.4 is 10.6 Å². The first-order valence-corrected chi connectivity index (χ1v) is 23.7. The molecule has 0 bridgehead atoms. The topological polar surface area (TPSA) is 51.2 Å². The number of nitrogens with one attached hydrogen (secondary N) is 2. The van der Waals surface area contributed by atoms with Gasteiger partial charge in [0, 0.05) is 43.6 Å². The van der Waals surface area contributed by atoms with Crippen LogP contribution in [0.2, 0.25) is 0 Å². The third-order valence-corrected chi connectivity index (χ3v) is 14.1. The van der Waals surface area contributed by atoms with Gasteiger partial charge in [-0.05, 0) is 58.1 Å². The number of nitrogens with zero attached hydrogens (tertiary/aromatic N) is 4. The Kier molecular flexibility index (Phi) is 9.00. The van der Waals surface area contributed by atoms with Gasteiger partial charge >= 0.3 is 0 Å². The van der Waals surface area contributed by atoms with E-state index in [0.29, 0.717) is 0 Å². The van der Waals surface area contributed by atoms with Gasteiger partial charge in [-0.1, -0.05) is 212 Å². The molecule has 6 heteroatoms. The molecule has 326 valence electrons. The van der Waals surface area contributed by atoms with Crippen molar-refractivity contribution in [1.29, 1.82) is 0 Å². The zero-order valence-corrected chi connectivity index (χ0v) is 37.5. The second kappa shape index (κ2) is 15.8. The highest BCUT2D eigenvalue weighted by Crippen LogP contribution is 2.47. The first-order chi connectivity index (χ1) is 34.3. The summed E-state index contributed by atoms with van der Waals surface area (Å²) < 4.78 is 7.46. The molecule has 6 nitrogen and oxygen atoms in total. The minimum Gasteiger partial charge on any atom is -0.336 e. The van der Waals surface area contributed by atoms with Crippen LogP contribution in [0.1, 0.15) is 23.5 Å². The summed E-state index contributed by atoms with van der Waals surface area (Å²) in [5, 5.41) is 15.0. The van der Waals surface area contributed by atoms with E-state index in [2.05, 4.69) is 267 Å². The van der Waals surface area contributed by atoms with Crippen molar-refractivity contribution in [2.24, 2.45) is 4.99 Å². The molecule has 1 aliphatic heterocycles. The highest BCUT2D eigenvalue weighted by molar-refractivity contribution is 6.27. The Bertz CT molecular complexity index is 4130. The molecule has 0 amide bonds. The Morgan fingerprint density at radius 3 is 1.45 bits per heavy atom. The predicted octanol–water partition coefficient (Wildman–Crippen LogP) is 15.1. The molecule has 0 saturated heterocycles. The average molecular weight is 885 g/mol. The maximum Gasteiger partial charge on any atom is 0.206 e. The number of rotatable bonds is 6. The lowest BCUT2D eigenvalue weighted by atomic mass is 9.97. The van der Waals surface area contributed by atoms with Gasteiger partial charge in [0.15, 0.2) is 0 Å². The smallest absolute Gasteiger partial charge is 0.206 e. The molecule has 13 aromatic rings. The van der Waals surface area contributed by atoms with Crippen molar-refractivity contribution in [2.45, 2.75) is 12.3 Å². The van der Waals surface area contributed by atoms with Crippen molar-refractivity contribution in [2.75, 3.05) is 0 Å². The van der Waals surface area contributed by atoms with Crippen LogP contribution >= 0.6 is 0 Å². The van der Waals surface area contributed by atoms with E-state index in [1.165, 1.54) is 21.5 Å². The van der Waals surface area contributed by atoms with Crippen molar-refractivity contribution in [3.63, 3.8) is 0 Å². The maximum absolute atomic E-state index is 5.76. The van der Waals surface area contributed by atoms with Gasteiger partial charge in [-0.15, -0.1) is 0 Å². The Hall–Kier alpha value is -8.97. The van der Waals surface area contributed by atoms with E-state index in [1.807, 2.05) is 0 Å². The van der Waals surface area contributed by atoms with Crippen molar-refractivity contribution in [3.8, 4) is 33.6 Å². The van der Waals surface area contributed by atoms with Crippen LogP contribution in [-0.2, 0) is 0 Å². The summed E-state index contributed by atoms with van der Waals surface area (Å²) in [5.41, 5.74) is 15.7. The summed E-state index contributed by atoms with van der Waals surface area (Å²) in [6.45, 7) is 0. The number of fused-ring (bicyclic) bond motifs is 10. The quantitative estimate of drug-likeness (QED) is 0.175. The van der Waals surface area contributed by atoms with Gasteiger partial charge in [-0.2, -0.15) is 0 Å². The van der Waals surface area contributed by atoms with Crippen molar-refractivity contribution in [3.05, 3.63) is 254 Å². The molecule has 4 heterocycles. The van der Waals surface area contributed by atoms with E-state index in [-0.39, 0.29) is 12.3 Å². The molecule has 2 N–H and O–H groups in total. The highest BCUT2D eigenvalue weighted by atomic mass is 15.4. The molecule has 2 atom stereocenters. The molecule has 0 saturated carbocycles. The first kappa shape index (κ1) is 39.2. The lowest BCUT2D eigenvalue weighted by molar-refractivity contribution is 0.404. The Labute approximate surface area is 398 Å². The lowest BCUT2D eigenvalue weighted by Gasteiger charge is -2.33. The van der Waals surface area contributed by atoms with Gasteiger partial charge in [-0.25, -0.2) is 4.99 Å². The number of para-hydroxylation sites is 4. The molecule has 14 rings (SSSR count). The van der Waals surface area contributed by atoms with E-state index in [9.17, 15) is 0 Å². The molecular formula is C63H44N6. The SMILES string of the molecule is c1ccc(-c2ccccc2C2N=C(n3c4ccccc4c4ccc5c6ccccc6n(-c6c(-c7ccccc7)ccc7c8ccccc8n(-c8ccccc8)c67)c5c43)NC(c3ccccc3)N2)cc1. The van der Waals surface area contributed by atoms with Gasteiger partial charge in [-0.3, -0.25) is 9.88 Å². The fraction of sp³-hybridized carbons (Fsp3) is 0.0317. The second-order valence-corrected chi connectivity index (χ2v) is 17.9. The number of aromatic nitrogens is 3. The monoisotopic (exact) mass is 884 g/mol. The van der Waals surface area contributed by atoms with Gasteiger partial charge in [0.05, 0.1) is 38.8 Å². The Balaban J connectivity index is 1.15. The van der Waals surface area contributed by atoms with Gasteiger partial charge in [0.1, 0.15) is 12.3 Å². The van der Waals surface area contributed by atoms with Crippen LogP contribution in [0.5, 0.6) is 0 Å². The summed E-state index contributed by atoms with van der Waals surface area (Å²) >= 11 is 0. The van der Waals surface area contributed by atoms with Crippen LogP contribution in [-0.4, -0.2) is 19.7 Å². The minimum atomic E-state index is -0.385. The van der Waals surface area contributed by atoms with Crippen molar-refractivity contribution < 1.29 is 0 Å². The zero-order chi connectivity index (χ0) is 45.4. The lowest BCUT2D eigenvalue weighted by Crippen LogP contribution is -2.47. The molecule has 0 aliphatic carbocycles. The minimum absolute atomic E-state index is 0.256. The number of aliphatic imine (C=N–C) groups is 1. The van der Waals surface area contributed by atoms with Crippen molar-refractivity contribution in [1.82, 2.24) is 24.3 Å². The second-order valence-electron chi connectivity index (χ2n) is 17.9. The van der Waals surface area contributed by atoms with E-state index in [0.717, 1.165) is 94.6 Å². The zero-order valence-electron chi connectivity index (χ0n) is 37.5. The molecule has 1 aliphatic rings. The molecular weight excluding hydrogens is 841 g/mol. The highest BCUT2D eigenvalue weighted by Gasteiger charge is 2.31. The Morgan fingerprint density at radius 1 is 0.348 bits per heavy atom. The summed E-state index contributed by atoms with van der Waals surface area (Å²) in [7, 11) is 0. The molecule has 3 aromatic heterocycles. The average Bonchev–Trinajstić information content (AvgIpc) is 4.07.